The predicted molar refractivity (Wildman–Crippen MR) is 50.3 cm³/mol. The SMILES string of the molecule is CCOC(=O)/C(C#N)=C1\NCCNC1=O. The molecule has 6 nitrogen and oxygen atoms in total. The number of nitrogens with zero attached hydrogens (tertiary/aromatic N) is 1. The minimum atomic E-state index is -0.778. The van der Waals surface area contributed by atoms with Crippen molar-refractivity contribution in [3.63, 3.8) is 0 Å². The van der Waals surface area contributed by atoms with Crippen molar-refractivity contribution in [2.75, 3.05) is 19.7 Å². The lowest BCUT2D eigenvalue weighted by molar-refractivity contribution is -0.138. The summed E-state index contributed by atoms with van der Waals surface area (Å²) >= 11 is 0. The second-order valence-electron chi connectivity index (χ2n) is 2.76. The molecule has 0 aromatic heterocycles. The number of amides is 1. The molecule has 80 valence electrons. The quantitative estimate of drug-likeness (QED) is 0.347. The molecule has 15 heavy (non-hydrogen) atoms. The highest BCUT2D eigenvalue weighted by atomic mass is 16.5. The maximum absolute atomic E-state index is 11.3. The van der Waals surface area contributed by atoms with Gasteiger partial charge in [-0.05, 0) is 6.92 Å². The summed E-state index contributed by atoms with van der Waals surface area (Å²) in [5.41, 5.74) is -0.295. The molecule has 1 heterocycles. The van der Waals surface area contributed by atoms with Crippen LogP contribution in [0.5, 0.6) is 0 Å². The van der Waals surface area contributed by atoms with Gasteiger partial charge < -0.3 is 15.4 Å². The summed E-state index contributed by atoms with van der Waals surface area (Å²) in [5, 5.41) is 14.0. The van der Waals surface area contributed by atoms with Gasteiger partial charge in [-0.3, -0.25) is 4.79 Å². The van der Waals surface area contributed by atoms with Crippen LogP contribution in [-0.4, -0.2) is 31.6 Å². The Hall–Kier alpha value is -2.03. The van der Waals surface area contributed by atoms with E-state index >= 15 is 0 Å². The number of hydrogen-bond donors (Lipinski definition) is 2. The monoisotopic (exact) mass is 209 g/mol. The molecule has 0 spiro atoms. The molecule has 0 aromatic rings. The highest BCUT2D eigenvalue weighted by Gasteiger charge is 2.24. The number of piperazine rings is 1. The van der Waals surface area contributed by atoms with Crippen LogP contribution in [-0.2, 0) is 14.3 Å². The van der Waals surface area contributed by atoms with E-state index in [1.165, 1.54) is 0 Å². The van der Waals surface area contributed by atoms with Gasteiger partial charge in [-0.25, -0.2) is 4.79 Å². The number of hydrogen-bond acceptors (Lipinski definition) is 5. The summed E-state index contributed by atoms with van der Waals surface area (Å²) in [6.07, 6.45) is 0. The molecule has 0 aliphatic carbocycles. The van der Waals surface area contributed by atoms with Crippen LogP contribution in [0.25, 0.3) is 0 Å². The van der Waals surface area contributed by atoms with Gasteiger partial charge >= 0.3 is 5.97 Å². The number of nitrogens with one attached hydrogen (secondary N) is 2. The molecule has 1 aliphatic rings. The number of esters is 1. The molecule has 1 fully saturated rings. The van der Waals surface area contributed by atoms with E-state index in [-0.39, 0.29) is 17.9 Å². The standard InChI is InChI=1S/C9H11N3O3/c1-2-15-9(14)6(5-10)7-8(13)12-4-3-11-7/h11H,2-4H2,1H3,(H,12,13)/b7-6-. The molecule has 6 heteroatoms. The van der Waals surface area contributed by atoms with Crippen LogP contribution in [0.2, 0.25) is 0 Å². The summed E-state index contributed by atoms with van der Waals surface area (Å²) < 4.78 is 4.66. The van der Waals surface area contributed by atoms with Gasteiger partial charge in [0.1, 0.15) is 11.8 Å². The summed E-state index contributed by atoms with van der Waals surface area (Å²) in [6, 6.07) is 1.67. The Kier molecular flexibility index (Phi) is 3.68. The Morgan fingerprint density at radius 2 is 2.20 bits per heavy atom. The first-order valence-electron chi connectivity index (χ1n) is 4.54. The first-order chi connectivity index (χ1) is 7.20. The molecule has 0 bridgehead atoms. The second-order valence-corrected chi connectivity index (χ2v) is 2.76. The highest BCUT2D eigenvalue weighted by molar-refractivity contribution is 6.05. The summed E-state index contributed by atoms with van der Waals surface area (Å²) in [6.45, 7) is 2.76. The van der Waals surface area contributed by atoms with Gasteiger partial charge in [-0.15, -0.1) is 0 Å². The van der Waals surface area contributed by atoms with Crippen molar-refractivity contribution in [3.05, 3.63) is 11.3 Å². The van der Waals surface area contributed by atoms with Gasteiger partial charge in [0, 0.05) is 13.1 Å². The molecule has 0 radical (unpaired) electrons. The summed E-state index contributed by atoms with van der Waals surface area (Å²) in [7, 11) is 0. The van der Waals surface area contributed by atoms with Crippen LogP contribution in [0, 0.1) is 11.3 Å². The molecule has 1 saturated heterocycles. The number of nitriles is 1. The normalized spacial score (nSPS) is 18.3. The van der Waals surface area contributed by atoms with E-state index < -0.39 is 11.9 Å². The topological polar surface area (TPSA) is 91.2 Å². The average Bonchev–Trinajstić information content (AvgIpc) is 2.22. The lowest BCUT2D eigenvalue weighted by atomic mass is 10.2. The Morgan fingerprint density at radius 3 is 2.73 bits per heavy atom. The maximum Gasteiger partial charge on any atom is 0.351 e. The zero-order valence-electron chi connectivity index (χ0n) is 8.29. The maximum atomic E-state index is 11.3. The Balaban J connectivity index is 2.96. The third-order valence-corrected chi connectivity index (χ3v) is 1.78. The molecule has 1 rings (SSSR count). The molecule has 0 aromatic carbocycles. The van der Waals surface area contributed by atoms with Crippen molar-refractivity contribution in [2.24, 2.45) is 0 Å². The van der Waals surface area contributed by atoms with E-state index in [9.17, 15) is 9.59 Å². The van der Waals surface area contributed by atoms with Crippen LogP contribution < -0.4 is 10.6 Å². The minimum absolute atomic E-state index is 0.0119. The van der Waals surface area contributed by atoms with E-state index in [1.807, 2.05) is 0 Å². The van der Waals surface area contributed by atoms with Crippen LogP contribution in [0.3, 0.4) is 0 Å². The van der Waals surface area contributed by atoms with Gasteiger partial charge in [-0.1, -0.05) is 0 Å². The lowest BCUT2D eigenvalue weighted by Crippen LogP contribution is -2.44. The number of carbonyl (C=O) groups is 2. The van der Waals surface area contributed by atoms with E-state index in [0.717, 1.165) is 0 Å². The van der Waals surface area contributed by atoms with Gasteiger partial charge in [0.15, 0.2) is 5.57 Å². The van der Waals surface area contributed by atoms with Crippen molar-refractivity contribution in [1.82, 2.24) is 10.6 Å². The molecular formula is C9H11N3O3. The zero-order chi connectivity index (χ0) is 11.3. The molecule has 0 atom stereocenters. The molecule has 2 N–H and O–H groups in total. The third-order valence-electron chi connectivity index (χ3n) is 1.78. The zero-order valence-corrected chi connectivity index (χ0v) is 8.29. The fourth-order valence-corrected chi connectivity index (χ4v) is 1.14. The Morgan fingerprint density at radius 1 is 1.53 bits per heavy atom. The smallest absolute Gasteiger partial charge is 0.351 e. The van der Waals surface area contributed by atoms with Crippen molar-refractivity contribution < 1.29 is 14.3 Å². The molecule has 0 unspecified atom stereocenters. The van der Waals surface area contributed by atoms with Crippen LogP contribution in [0.4, 0.5) is 0 Å². The first-order valence-corrected chi connectivity index (χ1v) is 4.54. The Bertz CT molecular complexity index is 354. The number of carbonyl (C=O) groups excluding carboxylic acids is 2. The molecule has 0 saturated carbocycles. The lowest BCUT2D eigenvalue weighted by Gasteiger charge is -2.17. The van der Waals surface area contributed by atoms with E-state index in [0.29, 0.717) is 13.1 Å². The van der Waals surface area contributed by atoms with Crippen LogP contribution in [0.1, 0.15) is 6.92 Å². The number of ether oxygens (including phenoxy) is 1. The van der Waals surface area contributed by atoms with Gasteiger partial charge in [-0.2, -0.15) is 5.26 Å². The predicted octanol–water partition coefficient (Wildman–Crippen LogP) is -0.953. The van der Waals surface area contributed by atoms with Crippen molar-refractivity contribution in [2.45, 2.75) is 6.92 Å². The Labute approximate surface area is 86.9 Å². The minimum Gasteiger partial charge on any atom is -0.462 e. The van der Waals surface area contributed by atoms with E-state index in [2.05, 4.69) is 15.4 Å². The van der Waals surface area contributed by atoms with E-state index in [1.54, 1.807) is 13.0 Å². The van der Waals surface area contributed by atoms with Gasteiger partial charge in [0.05, 0.1) is 6.61 Å². The molecule has 1 amide bonds. The fraction of sp³-hybridized carbons (Fsp3) is 0.444. The van der Waals surface area contributed by atoms with Gasteiger partial charge in [0.25, 0.3) is 5.91 Å². The van der Waals surface area contributed by atoms with Crippen LogP contribution in [0.15, 0.2) is 11.3 Å². The second kappa shape index (κ2) is 5.00. The molecule has 1 aliphatic heterocycles. The van der Waals surface area contributed by atoms with Crippen LogP contribution >= 0.6 is 0 Å². The number of rotatable bonds is 2. The highest BCUT2D eigenvalue weighted by Crippen LogP contribution is 2.05. The first kappa shape index (κ1) is 11.0. The fourth-order valence-electron chi connectivity index (χ4n) is 1.14. The molecular weight excluding hydrogens is 198 g/mol. The largest absolute Gasteiger partial charge is 0.462 e. The summed E-state index contributed by atoms with van der Waals surface area (Å²) in [5.74, 6) is -1.23. The van der Waals surface area contributed by atoms with Crippen molar-refractivity contribution >= 4 is 11.9 Å². The van der Waals surface area contributed by atoms with E-state index in [4.69, 9.17) is 5.26 Å². The summed E-state index contributed by atoms with van der Waals surface area (Å²) in [4.78, 5) is 22.6. The van der Waals surface area contributed by atoms with Crippen molar-refractivity contribution in [1.29, 1.82) is 5.26 Å². The van der Waals surface area contributed by atoms with Crippen molar-refractivity contribution in [3.8, 4) is 6.07 Å². The average molecular weight is 209 g/mol. The van der Waals surface area contributed by atoms with Gasteiger partial charge in [0.2, 0.25) is 0 Å². The third kappa shape index (κ3) is 2.47.